The van der Waals surface area contributed by atoms with Crippen molar-refractivity contribution >= 4 is 39.1 Å². The first kappa shape index (κ1) is 28.9. The fourth-order valence-corrected chi connectivity index (χ4v) is 7.95. The Labute approximate surface area is 243 Å². The van der Waals surface area contributed by atoms with E-state index in [0.29, 0.717) is 23.6 Å². The van der Waals surface area contributed by atoms with E-state index in [9.17, 15) is 22.8 Å². The molecule has 2 aliphatic heterocycles. The number of rotatable bonds is 9. The van der Waals surface area contributed by atoms with E-state index < -0.39 is 40.1 Å². The van der Waals surface area contributed by atoms with Crippen LogP contribution in [0.4, 0.5) is 4.79 Å². The summed E-state index contributed by atoms with van der Waals surface area (Å²) >= 11 is 1.31. The van der Waals surface area contributed by atoms with E-state index in [4.69, 9.17) is 4.74 Å². The van der Waals surface area contributed by atoms with Crippen molar-refractivity contribution in [1.82, 2.24) is 19.5 Å². The van der Waals surface area contributed by atoms with Gasteiger partial charge in [-0.2, -0.15) is 4.31 Å². The van der Waals surface area contributed by atoms with E-state index in [1.165, 1.54) is 26.7 Å². The van der Waals surface area contributed by atoms with Crippen LogP contribution in [0.2, 0.25) is 0 Å². The third kappa shape index (κ3) is 6.50. The van der Waals surface area contributed by atoms with Gasteiger partial charge < -0.3 is 15.0 Å². The Hall–Kier alpha value is -3.61. The molecule has 3 unspecified atom stereocenters. The summed E-state index contributed by atoms with van der Waals surface area (Å²) in [6.45, 7) is 3.78. The van der Waals surface area contributed by atoms with E-state index in [0.717, 1.165) is 10.4 Å². The number of thiophene rings is 1. The molecule has 0 bridgehead atoms. The molecule has 5 rings (SSSR count). The monoisotopic (exact) mass is 596 g/mol. The molecule has 41 heavy (non-hydrogen) atoms. The Morgan fingerprint density at radius 3 is 2.56 bits per heavy atom. The largest absolute Gasteiger partial charge is 0.414 e. The second kappa shape index (κ2) is 12.1. The minimum atomic E-state index is -3.84. The number of amides is 2. The number of Topliss-reactive ketones (excluding diaryl/α,β-unsaturated/α-hetero) is 1. The Morgan fingerprint density at radius 2 is 1.85 bits per heavy atom. The lowest BCUT2D eigenvalue weighted by Crippen LogP contribution is -2.53. The molecule has 1 aromatic carbocycles. The third-order valence-electron chi connectivity index (χ3n) is 7.20. The molecule has 0 radical (unpaired) electrons. The first-order valence-electron chi connectivity index (χ1n) is 13.5. The van der Waals surface area contributed by atoms with E-state index in [-0.39, 0.29) is 30.5 Å². The second-order valence-electron chi connectivity index (χ2n) is 10.6. The van der Waals surface area contributed by atoms with Crippen molar-refractivity contribution in [2.75, 3.05) is 13.1 Å². The lowest BCUT2D eigenvalue weighted by molar-refractivity contribution is -0.138. The zero-order chi connectivity index (χ0) is 29.1. The summed E-state index contributed by atoms with van der Waals surface area (Å²) in [4.78, 5) is 46.1. The third-order valence-corrected chi connectivity index (χ3v) is 9.99. The van der Waals surface area contributed by atoms with E-state index >= 15 is 0 Å². The molecule has 2 fully saturated rings. The van der Waals surface area contributed by atoms with Crippen LogP contribution in [0, 0.1) is 5.92 Å². The lowest BCUT2D eigenvalue weighted by atomic mass is 10.0. The molecule has 216 valence electrons. The van der Waals surface area contributed by atoms with Crippen molar-refractivity contribution in [3.63, 3.8) is 0 Å². The number of pyridine rings is 1. The number of carbonyl (C=O) groups is 3. The fraction of sp³-hybridized carbons (Fsp3) is 0.379. The van der Waals surface area contributed by atoms with Gasteiger partial charge in [0, 0.05) is 17.6 Å². The Morgan fingerprint density at radius 1 is 1.10 bits per heavy atom. The zero-order valence-corrected chi connectivity index (χ0v) is 24.4. The van der Waals surface area contributed by atoms with Gasteiger partial charge in [-0.15, -0.1) is 0 Å². The van der Waals surface area contributed by atoms with Crippen LogP contribution in [0.25, 0.3) is 10.4 Å². The van der Waals surface area contributed by atoms with Gasteiger partial charge in [0.25, 0.3) is 0 Å². The summed E-state index contributed by atoms with van der Waals surface area (Å²) < 4.78 is 33.1. The molecule has 2 saturated heterocycles. The molecule has 2 aliphatic rings. The number of benzene rings is 1. The summed E-state index contributed by atoms with van der Waals surface area (Å²) in [5.74, 6) is -1.01. The summed E-state index contributed by atoms with van der Waals surface area (Å²) in [7, 11) is -3.84. The molecule has 2 amide bonds. The highest BCUT2D eigenvalue weighted by atomic mass is 32.2. The number of sulfonamides is 1. The van der Waals surface area contributed by atoms with E-state index in [1.807, 2.05) is 50.2 Å². The topological polar surface area (TPSA) is 126 Å². The number of likely N-dealkylation sites (tertiary alicyclic amines) is 1. The second-order valence-corrected chi connectivity index (χ2v) is 13.6. The predicted octanol–water partition coefficient (Wildman–Crippen LogP) is 3.70. The van der Waals surface area contributed by atoms with Gasteiger partial charge in [-0.05, 0) is 48.6 Å². The van der Waals surface area contributed by atoms with Crippen molar-refractivity contribution in [2.45, 2.75) is 50.6 Å². The number of hydrogen-bond acceptors (Lipinski definition) is 8. The maximum Gasteiger partial charge on any atom is 0.414 e. The van der Waals surface area contributed by atoms with Gasteiger partial charge >= 0.3 is 6.09 Å². The molecule has 10 nitrogen and oxygen atoms in total. The number of ketones is 1. The molecule has 12 heteroatoms. The molecule has 0 aliphatic carbocycles. The molecular formula is C29H32N4O6S2. The van der Waals surface area contributed by atoms with Gasteiger partial charge in [0.1, 0.15) is 17.8 Å². The normalized spacial score (nSPS) is 19.8. The summed E-state index contributed by atoms with van der Waals surface area (Å²) in [5.41, 5.74) is 1.39. The Bertz CT molecular complexity index is 1510. The van der Waals surface area contributed by atoms with Gasteiger partial charge in [-0.1, -0.05) is 61.6 Å². The van der Waals surface area contributed by atoms with Crippen molar-refractivity contribution in [3.05, 3.63) is 72.6 Å². The molecule has 3 atom stereocenters. The standard InChI is InChI=1S/C29H32N4O6S2/c1-19(2)16-22(31-29(36)39-26-12-11-25(40-26)20-8-4-3-5-9-20)28(35)32-15-13-23-27(32)24(34)17-33(23)41(37,38)18-21-10-6-7-14-30-21/h3-12,14,19,22-23,27H,13,15-18H2,1-2H3,(H,31,36). The first-order chi connectivity index (χ1) is 19.6. The summed E-state index contributed by atoms with van der Waals surface area (Å²) in [6, 6.07) is 15.8. The van der Waals surface area contributed by atoms with E-state index in [1.54, 1.807) is 24.3 Å². The van der Waals surface area contributed by atoms with Gasteiger partial charge in [-0.3, -0.25) is 14.6 Å². The van der Waals surface area contributed by atoms with Crippen LogP contribution in [0.15, 0.2) is 66.9 Å². The lowest BCUT2D eigenvalue weighted by Gasteiger charge is -2.28. The quantitative estimate of drug-likeness (QED) is 0.399. The van der Waals surface area contributed by atoms with Crippen LogP contribution in [-0.2, 0) is 25.4 Å². The molecular weight excluding hydrogens is 564 g/mol. The zero-order valence-electron chi connectivity index (χ0n) is 22.8. The van der Waals surface area contributed by atoms with Crippen molar-refractivity contribution < 1.29 is 27.5 Å². The maximum atomic E-state index is 13.7. The molecule has 1 N–H and O–H groups in total. The van der Waals surface area contributed by atoms with Crippen molar-refractivity contribution in [2.24, 2.45) is 5.92 Å². The molecule has 2 aromatic heterocycles. The first-order valence-corrected chi connectivity index (χ1v) is 15.9. The van der Waals surface area contributed by atoms with Crippen LogP contribution >= 0.6 is 11.3 Å². The molecule has 4 heterocycles. The average Bonchev–Trinajstić information content (AvgIpc) is 3.66. The number of ether oxygens (including phenoxy) is 1. The molecule has 0 spiro atoms. The van der Waals surface area contributed by atoms with Crippen LogP contribution in [0.1, 0.15) is 32.4 Å². The maximum absolute atomic E-state index is 13.7. The fourth-order valence-electron chi connectivity index (χ4n) is 5.42. The Balaban J connectivity index is 1.26. The summed E-state index contributed by atoms with van der Waals surface area (Å²) in [6.07, 6.45) is 1.42. The number of fused-ring (bicyclic) bond motifs is 1. The minimum Gasteiger partial charge on any atom is -0.399 e. The number of aromatic nitrogens is 1. The van der Waals surface area contributed by atoms with Gasteiger partial charge in [-0.25, -0.2) is 13.2 Å². The molecule has 3 aromatic rings. The van der Waals surface area contributed by atoms with Gasteiger partial charge in [0.15, 0.2) is 10.8 Å². The number of hydrogen-bond donors (Lipinski definition) is 1. The van der Waals surface area contributed by atoms with Crippen molar-refractivity contribution in [3.8, 4) is 15.5 Å². The number of carbonyl (C=O) groups excluding carboxylic acids is 3. The highest BCUT2D eigenvalue weighted by Crippen LogP contribution is 2.34. The van der Waals surface area contributed by atoms with Gasteiger partial charge in [0.2, 0.25) is 15.9 Å². The minimum absolute atomic E-state index is 0.0589. The van der Waals surface area contributed by atoms with Gasteiger partial charge in [0.05, 0.1) is 18.3 Å². The SMILES string of the molecule is CC(C)CC(NC(=O)Oc1ccc(-c2ccccc2)s1)C(=O)N1CCC2C1C(=O)CN2S(=O)(=O)Cc1ccccn1. The van der Waals surface area contributed by atoms with Crippen LogP contribution in [0.3, 0.4) is 0 Å². The number of nitrogens with zero attached hydrogens (tertiary/aromatic N) is 3. The molecule has 0 saturated carbocycles. The van der Waals surface area contributed by atoms with E-state index in [2.05, 4.69) is 10.3 Å². The summed E-state index contributed by atoms with van der Waals surface area (Å²) in [5, 5.41) is 3.08. The predicted molar refractivity (Wildman–Crippen MR) is 155 cm³/mol. The van der Waals surface area contributed by atoms with Crippen LogP contribution in [0.5, 0.6) is 5.06 Å². The van der Waals surface area contributed by atoms with Crippen LogP contribution < -0.4 is 10.1 Å². The van der Waals surface area contributed by atoms with Crippen LogP contribution in [-0.4, -0.2) is 71.6 Å². The average molecular weight is 597 g/mol. The highest BCUT2D eigenvalue weighted by Gasteiger charge is 2.54. The van der Waals surface area contributed by atoms with Crippen molar-refractivity contribution in [1.29, 1.82) is 0 Å². The number of nitrogens with one attached hydrogen (secondary N) is 1. The Kier molecular flexibility index (Phi) is 8.52. The smallest absolute Gasteiger partial charge is 0.399 e. The highest BCUT2D eigenvalue weighted by molar-refractivity contribution is 7.88.